The number of carbonyl (C=O) groups is 2. The fourth-order valence-corrected chi connectivity index (χ4v) is 4.22. The molecule has 0 saturated carbocycles. The molecule has 2 aliphatic rings. The summed E-state index contributed by atoms with van der Waals surface area (Å²) in [5.74, 6) is 1.92. The summed E-state index contributed by atoms with van der Waals surface area (Å²) in [5, 5.41) is 6.90. The SMILES string of the molecule is COCCCN1CC2(CCC1=O)CCN(C(=O)CCc1n[nH]c(C)n1)CC2. The fraction of sp³-hybridized carbons (Fsp3) is 0.789. The summed E-state index contributed by atoms with van der Waals surface area (Å²) in [6.45, 7) is 5.71. The van der Waals surface area contributed by atoms with Gasteiger partial charge in [-0.3, -0.25) is 14.7 Å². The Balaban J connectivity index is 1.47. The van der Waals surface area contributed by atoms with Crippen molar-refractivity contribution in [2.75, 3.05) is 39.9 Å². The normalized spacial score (nSPS) is 19.7. The molecule has 1 aromatic heterocycles. The lowest BCUT2D eigenvalue weighted by Gasteiger charge is -2.47. The van der Waals surface area contributed by atoms with Gasteiger partial charge in [0.2, 0.25) is 11.8 Å². The molecule has 0 aromatic carbocycles. The highest BCUT2D eigenvalue weighted by Crippen LogP contribution is 2.40. The van der Waals surface area contributed by atoms with Crippen LogP contribution >= 0.6 is 0 Å². The third-order valence-corrected chi connectivity index (χ3v) is 5.91. The molecule has 8 nitrogen and oxygen atoms in total. The lowest BCUT2D eigenvalue weighted by atomic mass is 9.72. The molecule has 3 rings (SSSR count). The molecule has 27 heavy (non-hydrogen) atoms. The number of nitrogens with zero attached hydrogens (tertiary/aromatic N) is 4. The molecule has 1 N–H and O–H groups in total. The third kappa shape index (κ3) is 5.06. The number of hydrogen-bond acceptors (Lipinski definition) is 5. The van der Waals surface area contributed by atoms with Crippen molar-refractivity contribution < 1.29 is 14.3 Å². The Morgan fingerprint density at radius 2 is 2.07 bits per heavy atom. The second kappa shape index (κ2) is 8.82. The zero-order chi connectivity index (χ0) is 19.3. The van der Waals surface area contributed by atoms with Gasteiger partial charge in [-0.2, -0.15) is 5.10 Å². The molecule has 0 atom stereocenters. The first kappa shape index (κ1) is 19.8. The van der Waals surface area contributed by atoms with Crippen molar-refractivity contribution in [2.45, 2.75) is 51.9 Å². The minimum Gasteiger partial charge on any atom is -0.385 e. The van der Waals surface area contributed by atoms with Gasteiger partial charge < -0.3 is 14.5 Å². The highest BCUT2D eigenvalue weighted by molar-refractivity contribution is 5.77. The number of nitrogens with one attached hydrogen (secondary N) is 1. The van der Waals surface area contributed by atoms with Crippen LogP contribution in [0.25, 0.3) is 0 Å². The van der Waals surface area contributed by atoms with Crippen molar-refractivity contribution in [1.82, 2.24) is 25.0 Å². The number of amides is 2. The third-order valence-electron chi connectivity index (χ3n) is 5.91. The summed E-state index contributed by atoms with van der Waals surface area (Å²) < 4.78 is 5.11. The Bertz CT molecular complexity index is 652. The average Bonchev–Trinajstić information content (AvgIpc) is 3.09. The zero-order valence-corrected chi connectivity index (χ0v) is 16.5. The molecule has 2 amide bonds. The highest BCUT2D eigenvalue weighted by atomic mass is 16.5. The van der Waals surface area contributed by atoms with Crippen LogP contribution in [0.3, 0.4) is 0 Å². The number of rotatable bonds is 7. The van der Waals surface area contributed by atoms with Crippen molar-refractivity contribution in [3.05, 3.63) is 11.6 Å². The van der Waals surface area contributed by atoms with Gasteiger partial charge in [-0.25, -0.2) is 4.98 Å². The lowest BCUT2D eigenvalue weighted by Crippen LogP contribution is -2.52. The molecule has 0 unspecified atom stereocenters. The minimum atomic E-state index is 0.177. The van der Waals surface area contributed by atoms with Crippen LogP contribution in [0, 0.1) is 12.3 Å². The average molecular weight is 377 g/mol. The molecule has 2 fully saturated rings. The molecule has 150 valence electrons. The van der Waals surface area contributed by atoms with Crippen molar-refractivity contribution >= 4 is 11.8 Å². The van der Waals surface area contributed by atoms with Crippen molar-refractivity contribution in [1.29, 1.82) is 0 Å². The van der Waals surface area contributed by atoms with E-state index < -0.39 is 0 Å². The first-order valence-electron chi connectivity index (χ1n) is 9.94. The van der Waals surface area contributed by atoms with E-state index in [1.165, 1.54) is 0 Å². The number of H-pyrrole nitrogens is 1. The van der Waals surface area contributed by atoms with Crippen LogP contribution < -0.4 is 0 Å². The van der Waals surface area contributed by atoms with E-state index in [4.69, 9.17) is 4.74 Å². The lowest BCUT2D eigenvalue weighted by molar-refractivity contribution is -0.142. The number of carbonyl (C=O) groups excluding carboxylic acids is 2. The number of hydrogen-bond donors (Lipinski definition) is 1. The Kier molecular flexibility index (Phi) is 6.46. The molecule has 2 saturated heterocycles. The van der Waals surface area contributed by atoms with E-state index in [1.807, 2.05) is 16.7 Å². The Morgan fingerprint density at radius 3 is 2.74 bits per heavy atom. The molecule has 1 spiro atoms. The fourth-order valence-electron chi connectivity index (χ4n) is 4.22. The Morgan fingerprint density at radius 1 is 1.30 bits per heavy atom. The minimum absolute atomic E-state index is 0.177. The smallest absolute Gasteiger partial charge is 0.223 e. The number of methoxy groups -OCH3 is 1. The van der Waals surface area contributed by atoms with Gasteiger partial charge in [0.25, 0.3) is 0 Å². The number of piperidine rings is 2. The van der Waals surface area contributed by atoms with Crippen LogP contribution in [0.2, 0.25) is 0 Å². The molecular formula is C19H31N5O3. The molecule has 3 heterocycles. The van der Waals surface area contributed by atoms with Gasteiger partial charge in [-0.05, 0) is 38.0 Å². The molecule has 0 radical (unpaired) electrons. The van der Waals surface area contributed by atoms with E-state index in [1.54, 1.807) is 7.11 Å². The Labute approximate surface area is 160 Å². The predicted octanol–water partition coefficient (Wildman–Crippen LogP) is 1.31. The summed E-state index contributed by atoms with van der Waals surface area (Å²) >= 11 is 0. The molecular weight excluding hydrogens is 346 g/mol. The second-order valence-electron chi connectivity index (χ2n) is 7.88. The molecule has 1 aromatic rings. The molecule has 2 aliphatic heterocycles. The standard InChI is InChI=1S/C19H31N5O3/c1-15-20-16(22-21-15)4-5-17(25)23-11-8-19(9-12-23)7-6-18(26)24(14-19)10-3-13-27-2/h3-14H2,1-2H3,(H,20,21,22). The van der Waals surface area contributed by atoms with Crippen LogP contribution in [0.1, 0.15) is 50.2 Å². The number of aromatic amines is 1. The maximum absolute atomic E-state index is 12.5. The first-order chi connectivity index (χ1) is 13.0. The summed E-state index contributed by atoms with van der Waals surface area (Å²) in [4.78, 5) is 33.0. The van der Waals surface area contributed by atoms with E-state index >= 15 is 0 Å². The highest BCUT2D eigenvalue weighted by Gasteiger charge is 2.41. The van der Waals surface area contributed by atoms with Gasteiger partial charge in [-0.1, -0.05) is 0 Å². The van der Waals surface area contributed by atoms with E-state index in [0.717, 1.165) is 57.7 Å². The largest absolute Gasteiger partial charge is 0.385 e. The summed E-state index contributed by atoms with van der Waals surface area (Å²) in [6.07, 6.45) is 5.44. The predicted molar refractivity (Wildman–Crippen MR) is 100.0 cm³/mol. The van der Waals surface area contributed by atoms with Crippen LogP contribution in [-0.4, -0.2) is 76.7 Å². The number of likely N-dealkylation sites (tertiary alicyclic amines) is 2. The first-order valence-corrected chi connectivity index (χ1v) is 9.94. The van der Waals surface area contributed by atoms with Crippen molar-refractivity contribution in [3.8, 4) is 0 Å². The van der Waals surface area contributed by atoms with Gasteiger partial charge in [0.05, 0.1) is 0 Å². The van der Waals surface area contributed by atoms with Crippen LogP contribution in [0.5, 0.6) is 0 Å². The van der Waals surface area contributed by atoms with Crippen molar-refractivity contribution in [3.63, 3.8) is 0 Å². The maximum atomic E-state index is 12.5. The second-order valence-corrected chi connectivity index (χ2v) is 7.88. The molecule has 8 heteroatoms. The topological polar surface area (TPSA) is 91.4 Å². The van der Waals surface area contributed by atoms with E-state index in [0.29, 0.717) is 31.7 Å². The van der Waals surface area contributed by atoms with Gasteiger partial charge in [-0.15, -0.1) is 0 Å². The van der Waals surface area contributed by atoms with E-state index in [9.17, 15) is 9.59 Å². The Hall–Kier alpha value is -1.96. The maximum Gasteiger partial charge on any atom is 0.223 e. The van der Waals surface area contributed by atoms with Gasteiger partial charge in [0.1, 0.15) is 5.82 Å². The molecule has 0 bridgehead atoms. The van der Waals surface area contributed by atoms with Gasteiger partial charge >= 0.3 is 0 Å². The van der Waals surface area contributed by atoms with E-state index in [2.05, 4.69) is 15.2 Å². The monoisotopic (exact) mass is 377 g/mol. The van der Waals surface area contributed by atoms with Crippen LogP contribution in [0.4, 0.5) is 0 Å². The number of aryl methyl sites for hydroxylation is 2. The number of aromatic nitrogens is 3. The van der Waals surface area contributed by atoms with Crippen molar-refractivity contribution in [2.24, 2.45) is 5.41 Å². The molecule has 0 aliphatic carbocycles. The summed E-state index contributed by atoms with van der Waals surface area (Å²) in [7, 11) is 1.69. The van der Waals surface area contributed by atoms with E-state index in [-0.39, 0.29) is 17.2 Å². The van der Waals surface area contributed by atoms with Gasteiger partial charge in [0.15, 0.2) is 5.82 Å². The summed E-state index contributed by atoms with van der Waals surface area (Å²) in [5.41, 5.74) is 0.179. The number of ether oxygens (including phenoxy) is 1. The van der Waals surface area contributed by atoms with Crippen LogP contribution in [-0.2, 0) is 20.7 Å². The quantitative estimate of drug-likeness (QED) is 0.724. The summed E-state index contributed by atoms with van der Waals surface area (Å²) in [6, 6.07) is 0. The van der Waals surface area contributed by atoms with Gasteiger partial charge in [0, 0.05) is 59.2 Å². The van der Waals surface area contributed by atoms with Crippen LogP contribution in [0.15, 0.2) is 0 Å². The zero-order valence-electron chi connectivity index (χ0n) is 16.5.